The number of halogens is 2. The molecule has 3 aromatic rings. The third-order valence-electron chi connectivity index (χ3n) is 6.99. The molecule has 1 fully saturated rings. The number of imidazole rings is 1. The molecule has 0 spiro atoms. The summed E-state index contributed by atoms with van der Waals surface area (Å²) in [5.74, 6) is 2.45. The van der Waals surface area contributed by atoms with Crippen LogP contribution in [-0.2, 0) is 17.8 Å². The highest BCUT2D eigenvalue weighted by molar-refractivity contribution is 14.1. The first-order chi connectivity index (χ1) is 16.8. The second kappa shape index (κ2) is 9.84. The molecule has 1 aliphatic heterocycles. The molecule has 9 nitrogen and oxygen atoms in total. The number of hydrogen-bond donors (Lipinski definition) is 2. The quantitative estimate of drug-likeness (QED) is 0.312. The number of rotatable bonds is 7. The maximum Gasteiger partial charge on any atom is 0.312 e. The molecule has 1 saturated carbocycles. The summed E-state index contributed by atoms with van der Waals surface area (Å²) in [5, 5.41) is 9.61. The number of nitrogen functional groups attached to an aromatic ring is 1. The third kappa shape index (κ3) is 4.92. The second-order valence-electron chi connectivity index (χ2n) is 9.29. The molecule has 0 saturated heterocycles. The molecule has 35 heavy (non-hydrogen) atoms. The maximum absolute atomic E-state index is 14.1. The number of anilines is 1. The fraction of sp³-hybridized carbons (Fsp3) is 0.500. The van der Waals surface area contributed by atoms with Crippen LogP contribution in [0.15, 0.2) is 12.1 Å². The Morgan fingerprint density at radius 3 is 2.66 bits per heavy atom. The zero-order valence-electron chi connectivity index (χ0n) is 19.3. The van der Waals surface area contributed by atoms with Crippen molar-refractivity contribution in [1.82, 2.24) is 19.5 Å². The third-order valence-corrected chi connectivity index (χ3v) is 7.99. The Labute approximate surface area is 215 Å². The number of hydrogen-bond acceptors (Lipinski definition) is 8. The molecule has 1 aromatic carbocycles. The normalized spacial score (nSPS) is 20.3. The van der Waals surface area contributed by atoms with Gasteiger partial charge < -0.3 is 24.9 Å². The minimum absolute atomic E-state index is 0.0185. The first kappa shape index (κ1) is 24.2. The average Bonchev–Trinajstić information content (AvgIpc) is 3.41. The van der Waals surface area contributed by atoms with E-state index in [0.29, 0.717) is 41.5 Å². The van der Waals surface area contributed by atoms with Crippen molar-refractivity contribution in [3.8, 4) is 11.5 Å². The minimum Gasteiger partial charge on any atom is -0.454 e. The monoisotopic (exact) mass is 599 g/mol. The van der Waals surface area contributed by atoms with E-state index in [4.69, 9.17) is 20.2 Å². The van der Waals surface area contributed by atoms with E-state index in [1.54, 1.807) is 0 Å². The predicted molar refractivity (Wildman–Crippen MR) is 135 cm³/mol. The molecule has 0 unspecified atom stereocenters. The molecule has 2 aromatic heterocycles. The van der Waals surface area contributed by atoms with Crippen molar-refractivity contribution in [3.63, 3.8) is 0 Å². The fourth-order valence-electron chi connectivity index (χ4n) is 5.06. The van der Waals surface area contributed by atoms with E-state index < -0.39 is 12.2 Å². The van der Waals surface area contributed by atoms with Crippen LogP contribution in [-0.4, -0.2) is 43.3 Å². The van der Waals surface area contributed by atoms with E-state index in [1.165, 1.54) is 6.92 Å². The lowest BCUT2D eigenvalue weighted by Gasteiger charge is -2.28. The summed E-state index contributed by atoms with van der Waals surface area (Å²) >= 11 is 2.26. The van der Waals surface area contributed by atoms with Crippen LogP contribution in [0.4, 0.5) is 10.2 Å². The molecule has 0 radical (unpaired) electrons. The lowest BCUT2D eigenvalue weighted by molar-refractivity contribution is -0.131. The Morgan fingerprint density at radius 1 is 1.23 bits per heavy atom. The van der Waals surface area contributed by atoms with Gasteiger partial charge in [0.15, 0.2) is 34.3 Å². The summed E-state index contributed by atoms with van der Waals surface area (Å²) in [4.78, 5) is 24.5. The Balaban J connectivity index is 1.38. The largest absolute Gasteiger partial charge is 0.454 e. The van der Waals surface area contributed by atoms with Gasteiger partial charge in [-0.1, -0.05) is 0 Å². The number of Topliss-reactive ketones (excluding diaryl/α,β-unsaturated/α-hetero) is 1. The minimum atomic E-state index is -0.907. The number of nitrogens with two attached hydrogens (primary N) is 1. The van der Waals surface area contributed by atoms with Gasteiger partial charge in [-0.2, -0.15) is 14.4 Å². The zero-order chi connectivity index (χ0) is 24.7. The summed E-state index contributed by atoms with van der Waals surface area (Å²) < 4.78 is 28.0. The zero-order valence-corrected chi connectivity index (χ0v) is 21.5. The van der Waals surface area contributed by atoms with Crippen LogP contribution in [0.2, 0.25) is 0 Å². The van der Waals surface area contributed by atoms with Crippen LogP contribution in [0.25, 0.3) is 11.2 Å². The van der Waals surface area contributed by atoms with Gasteiger partial charge in [-0.3, -0.25) is 4.79 Å². The van der Waals surface area contributed by atoms with Crippen LogP contribution < -0.4 is 15.2 Å². The number of benzene rings is 1. The molecule has 3 N–H and O–H groups in total. The van der Waals surface area contributed by atoms with Crippen LogP contribution in [0.3, 0.4) is 0 Å². The molecule has 1 atom stereocenters. The lowest BCUT2D eigenvalue weighted by atomic mass is 9.78. The number of carbonyl (C=O) groups is 1. The van der Waals surface area contributed by atoms with Gasteiger partial charge in [-0.15, -0.1) is 0 Å². The van der Waals surface area contributed by atoms with Crippen molar-refractivity contribution in [2.45, 2.75) is 58.1 Å². The van der Waals surface area contributed by atoms with Gasteiger partial charge >= 0.3 is 6.08 Å². The van der Waals surface area contributed by atoms with E-state index in [1.807, 2.05) is 16.7 Å². The summed E-state index contributed by atoms with van der Waals surface area (Å²) in [6, 6.07) is 3.88. The van der Waals surface area contributed by atoms with Crippen molar-refractivity contribution in [3.05, 3.63) is 33.2 Å². The number of aliphatic hydroxyl groups is 1. The number of fused-ring (bicyclic) bond motifs is 2. The molecule has 5 rings (SSSR count). The van der Waals surface area contributed by atoms with Crippen molar-refractivity contribution in [2.75, 3.05) is 12.5 Å². The SMILES string of the molecule is C[C@H](O)C(=O)C1CCC(CCn2c(Cc3cc4c(cc3[131I])OCO4)nc3c(N)nc(F)nc32)CC1. The van der Waals surface area contributed by atoms with Gasteiger partial charge in [-0.25, -0.2) is 4.98 Å². The van der Waals surface area contributed by atoms with E-state index >= 15 is 0 Å². The highest BCUT2D eigenvalue weighted by atomic mass is 131. The second-order valence-corrected chi connectivity index (χ2v) is 10.5. The first-order valence-corrected chi connectivity index (χ1v) is 12.9. The van der Waals surface area contributed by atoms with E-state index in [9.17, 15) is 14.3 Å². The number of nitrogens with zero attached hydrogens (tertiary/aromatic N) is 4. The lowest BCUT2D eigenvalue weighted by Crippen LogP contribution is -2.29. The number of carbonyl (C=O) groups excluding carboxylic acids is 1. The average molecular weight is 599 g/mol. The van der Waals surface area contributed by atoms with Gasteiger partial charge in [-0.05, 0) is 85.2 Å². The van der Waals surface area contributed by atoms with Gasteiger partial charge in [0.05, 0.1) is 0 Å². The van der Waals surface area contributed by atoms with Gasteiger partial charge in [0.2, 0.25) is 6.79 Å². The number of ether oxygens (including phenoxy) is 2. The maximum atomic E-state index is 14.1. The smallest absolute Gasteiger partial charge is 0.312 e. The summed E-state index contributed by atoms with van der Waals surface area (Å²) in [6.07, 6.45) is 2.94. The van der Waals surface area contributed by atoms with Crippen molar-refractivity contribution in [2.24, 2.45) is 11.8 Å². The first-order valence-electron chi connectivity index (χ1n) is 11.8. The summed E-state index contributed by atoms with van der Waals surface area (Å²) in [5.41, 5.74) is 7.78. The molecule has 1 aliphatic carbocycles. The fourth-order valence-corrected chi connectivity index (χ4v) is 5.69. The Bertz CT molecular complexity index is 1270. The number of aryl methyl sites for hydroxylation is 1. The van der Waals surface area contributed by atoms with Gasteiger partial charge in [0, 0.05) is 22.5 Å². The molecule has 3 heterocycles. The molecule has 0 bridgehead atoms. The molecule has 0 amide bonds. The molecule has 186 valence electrons. The van der Waals surface area contributed by atoms with Crippen LogP contribution in [0.1, 0.15) is 50.4 Å². The predicted octanol–water partition coefficient (Wildman–Crippen LogP) is 3.62. The van der Waals surface area contributed by atoms with Crippen LogP contribution in [0, 0.1) is 21.5 Å². The van der Waals surface area contributed by atoms with Crippen molar-refractivity contribution < 1.29 is 23.8 Å². The van der Waals surface area contributed by atoms with E-state index in [2.05, 4.69) is 32.6 Å². The van der Waals surface area contributed by atoms with Crippen molar-refractivity contribution in [1.29, 1.82) is 0 Å². The van der Waals surface area contributed by atoms with Gasteiger partial charge in [0.25, 0.3) is 0 Å². The molecular weight excluding hydrogens is 572 g/mol. The van der Waals surface area contributed by atoms with Gasteiger partial charge in [0.1, 0.15) is 11.9 Å². The van der Waals surface area contributed by atoms with E-state index in [0.717, 1.165) is 47.1 Å². The summed E-state index contributed by atoms with van der Waals surface area (Å²) in [6.45, 7) is 2.33. The Hall–Kier alpha value is -2.54. The molecule has 2 aliphatic rings. The molecule has 11 heteroatoms. The molecular formula is C24H27FIN5O4. The Kier molecular flexibility index (Phi) is 6.80. The van der Waals surface area contributed by atoms with Crippen molar-refractivity contribution >= 4 is 45.4 Å². The Morgan fingerprint density at radius 2 is 1.94 bits per heavy atom. The van der Waals surface area contributed by atoms with E-state index in [-0.39, 0.29) is 24.3 Å². The van der Waals surface area contributed by atoms with Crippen LogP contribution in [0.5, 0.6) is 11.5 Å². The van der Waals surface area contributed by atoms with Crippen LogP contribution >= 0.6 is 22.6 Å². The number of aliphatic hydroxyl groups excluding tert-OH is 1. The highest BCUT2D eigenvalue weighted by Crippen LogP contribution is 2.37. The number of ketones is 1. The topological polar surface area (TPSA) is 125 Å². The standard InChI is InChI=1S/C24H27FIN5O4/c1-12(32)21(33)14-4-2-13(3-5-14)6-7-31-19(28-20-22(27)29-24(25)30-23(20)31)9-15-8-17-18(10-16(15)26)35-11-34-17/h8,10,12-14,32H,2-7,9,11H2,1H3,(H2,27,29,30)/t12-,13?,14?/m0/s1/i26+4. The summed E-state index contributed by atoms with van der Waals surface area (Å²) in [7, 11) is 0. The highest BCUT2D eigenvalue weighted by Gasteiger charge is 2.29. The number of aromatic nitrogens is 4.